The van der Waals surface area contributed by atoms with Crippen LogP contribution in [-0.4, -0.2) is 22.0 Å². The molecule has 0 atom stereocenters. The first kappa shape index (κ1) is 15.4. The molecule has 4 aromatic rings. The standard InChI is InChI=1S/C21H19N3O/c1-2-24(19-13-7-9-16-8-3-4-10-17(16)19)21(25)14-23-15-22-18-11-5-6-12-20(18)23/h3-13,15H,2,14H2,1H3. The minimum atomic E-state index is 0.0574. The highest BCUT2D eigenvalue weighted by molar-refractivity contribution is 6.03. The molecule has 1 amide bonds. The second kappa shape index (κ2) is 6.40. The maximum absolute atomic E-state index is 13.0. The highest BCUT2D eigenvalue weighted by atomic mass is 16.2. The maximum atomic E-state index is 13.0. The van der Waals surface area contributed by atoms with E-state index in [0.29, 0.717) is 6.54 Å². The monoisotopic (exact) mass is 329 g/mol. The third-order valence-corrected chi connectivity index (χ3v) is 4.51. The summed E-state index contributed by atoms with van der Waals surface area (Å²) in [7, 11) is 0. The average molecular weight is 329 g/mol. The Bertz CT molecular complexity index is 1050. The minimum Gasteiger partial charge on any atom is -0.321 e. The number of fused-ring (bicyclic) bond motifs is 2. The normalized spacial score (nSPS) is 11.1. The largest absolute Gasteiger partial charge is 0.321 e. The van der Waals surface area contributed by atoms with E-state index in [1.54, 1.807) is 6.33 Å². The van der Waals surface area contributed by atoms with Crippen LogP contribution >= 0.6 is 0 Å². The lowest BCUT2D eigenvalue weighted by Crippen LogP contribution is -2.33. The van der Waals surface area contributed by atoms with Crippen LogP contribution in [0.5, 0.6) is 0 Å². The van der Waals surface area contributed by atoms with Crippen LogP contribution in [0.25, 0.3) is 21.8 Å². The maximum Gasteiger partial charge on any atom is 0.246 e. The van der Waals surface area contributed by atoms with E-state index >= 15 is 0 Å². The van der Waals surface area contributed by atoms with Crippen LogP contribution in [0.3, 0.4) is 0 Å². The summed E-state index contributed by atoms with van der Waals surface area (Å²) in [5.74, 6) is 0.0574. The lowest BCUT2D eigenvalue weighted by atomic mass is 10.1. The van der Waals surface area contributed by atoms with E-state index in [4.69, 9.17) is 0 Å². The fraction of sp³-hybridized carbons (Fsp3) is 0.143. The van der Waals surface area contributed by atoms with Gasteiger partial charge >= 0.3 is 0 Å². The zero-order chi connectivity index (χ0) is 17.2. The van der Waals surface area contributed by atoms with Gasteiger partial charge in [-0.25, -0.2) is 4.98 Å². The van der Waals surface area contributed by atoms with Crippen molar-refractivity contribution in [2.45, 2.75) is 13.5 Å². The van der Waals surface area contributed by atoms with Crippen LogP contribution in [0.2, 0.25) is 0 Å². The Morgan fingerprint density at radius 1 is 1.00 bits per heavy atom. The number of nitrogens with zero attached hydrogens (tertiary/aromatic N) is 3. The SMILES string of the molecule is CCN(C(=O)Cn1cnc2ccccc21)c1cccc2ccccc12. The van der Waals surface area contributed by atoms with Gasteiger partial charge in [-0.2, -0.15) is 0 Å². The molecule has 3 aromatic carbocycles. The molecule has 0 bridgehead atoms. The van der Waals surface area contributed by atoms with Crippen molar-refractivity contribution in [3.63, 3.8) is 0 Å². The fourth-order valence-corrected chi connectivity index (χ4v) is 3.29. The van der Waals surface area contributed by atoms with Gasteiger partial charge in [-0.15, -0.1) is 0 Å². The minimum absolute atomic E-state index is 0.0574. The van der Waals surface area contributed by atoms with Gasteiger partial charge in [-0.1, -0.05) is 48.5 Å². The first-order valence-electron chi connectivity index (χ1n) is 8.46. The Kier molecular flexibility index (Phi) is 3.94. The van der Waals surface area contributed by atoms with E-state index in [1.807, 2.05) is 64.9 Å². The molecule has 4 rings (SSSR count). The first-order chi connectivity index (χ1) is 12.3. The number of carbonyl (C=O) groups excluding carboxylic acids is 1. The molecule has 0 fully saturated rings. The van der Waals surface area contributed by atoms with Gasteiger partial charge in [0.2, 0.25) is 5.91 Å². The molecule has 0 aliphatic rings. The summed E-state index contributed by atoms with van der Waals surface area (Å²) in [6.45, 7) is 2.91. The van der Waals surface area contributed by atoms with E-state index in [9.17, 15) is 4.79 Å². The van der Waals surface area contributed by atoms with Crippen molar-refractivity contribution in [2.75, 3.05) is 11.4 Å². The number of amides is 1. The Hall–Kier alpha value is -3.14. The number of hydrogen-bond donors (Lipinski definition) is 0. The third-order valence-electron chi connectivity index (χ3n) is 4.51. The molecule has 0 saturated heterocycles. The molecule has 1 heterocycles. The number of hydrogen-bond acceptors (Lipinski definition) is 2. The van der Waals surface area contributed by atoms with E-state index < -0.39 is 0 Å². The van der Waals surface area contributed by atoms with Crippen LogP contribution in [-0.2, 0) is 11.3 Å². The lowest BCUT2D eigenvalue weighted by Gasteiger charge is -2.23. The molecule has 4 nitrogen and oxygen atoms in total. The summed E-state index contributed by atoms with van der Waals surface area (Å²) in [5, 5.41) is 2.23. The summed E-state index contributed by atoms with van der Waals surface area (Å²) < 4.78 is 1.91. The van der Waals surface area contributed by atoms with Crippen molar-refractivity contribution >= 4 is 33.4 Å². The summed E-state index contributed by atoms with van der Waals surface area (Å²) in [4.78, 5) is 19.2. The Balaban J connectivity index is 1.69. The molecule has 1 aromatic heterocycles. The molecule has 0 spiro atoms. The molecule has 0 radical (unpaired) electrons. The van der Waals surface area contributed by atoms with Crippen molar-refractivity contribution in [1.29, 1.82) is 0 Å². The van der Waals surface area contributed by atoms with Crippen molar-refractivity contribution in [3.05, 3.63) is 73.1 Å². The summed E-state index contributed by atoms with van der Waals surface area (Å²) in [6, 6.07) is 22.1. The Morgan fingerprint density at radius 2 is 1.76 bits per heavy atom. The zero-order valence-electron chi connectivity index (χ0n) is 14.1. The van der Waals surface area contributed by atoms with Crippen LogP contribution in [0, 0.1) is 0 Å². The van der Waals surface area contributed by atoms with Crippen molar-refractivity contribution < 1.29 is 4.79 Å². The summed E-state index contributed by atoms with van der Waals surface area (Å²) in [5.41, 5.74) is 2.84. The third kappa shape index (κ3) is 2.76. The number of likely N-dealkylation sites (N-methyl/N-ethyl adjacent to an activating group) is 1. The molecule has 0 unspecified atom stereocenters. The van der Waals surface area contributed by atoms with Crippen molar-refractivity contribution in [3.8, 4) is 0 Å². The van der Waals surface area contributed by atoms with Crippen LogP contribution < -0.4 is 4.90 Å². The second-order valence-electron chi connectivity index (χ2n) is 6.00. The number of anilines is 1. The molecule has 0 aliphatic carbocycles. The molecule has 4 heteroatoms. The van der Waals surface area contributed by atoms with E-state index in [1.165, 1.54) is 0 Å². The van der Waals surface area contributed by atoms with Gasteiger partial charge in [0, 0.05) is 11.9 Å². The smallest absolute Gasteiger partial charge is 0.246 e. The van der Waals surface area contributed by atoms with E-state index in [0.717, 1.165) is 27.5 Å². The Morgan fingerprint density at radius 3 is 2.64 bits per heavy atom. The van der Waals surface area contributed by atoms with E-state index in [-0.39, 0.29) is 12.5 Å². The average Bonchev–Trinajstić information content (AvgIpc) is 3.06. The van der Waals surface area contributed by atoms with Crippen LogP contribution in [0.15, 0.2) is 73.1 Å². The van der Waals surface area contributed by atoms with Gasteiger partial charge in [0.15, 0.2) is 0 Å². The molecular weight excluding hydrogens is 310 g/mol. The fourth-order valence-electron chi connectivity index (χ4n) is 3.29. The summed E-state index contributed by atoms with van der Waals surface area (Å²) in [6.07, 6.45) is 1.74. The predicted molar refractivity (Wildman–Crippen MR) is 102 cm³/mol. The topological polar surface area (TPSA) is 38.1 Å². The zero-order valence-corrected chi connectivity index (χ0v) is 14.1. The highest BCUT2D eigenvalue weighted by Gasteiger charge is 2.17. The van der Waals surface area contributed by atoms with Crippen molar-refractivity contribution in [1.82, 2.24) is 9.55 Å². The molecule has 0 N–H and O–H groups in total. The number of carbonyl (C=O) groups is 1. The first-order valence-corrected chi connectivity index (χ1v) is 8.46. The number of rotatable bonds is 4. The van der Waals surface area contributed by atoms with Gasteiger partial charge in [0.05, 0.1) is 23.0 Å². The molecular formula is C21H19N3O. The molecule has 124 valence electrons. The molecule has 25 heavy (non-hydrogen) atoms. The number of imidazole rings is 1. The van der Waals surface area contributed by atoms with Gasteiger partial charge in [-0.3, -0.25) is 4.79 Å². The predicted octanol–water partition coefficient (Wildman–Crippen LogP) is 4.24. The quantitative estimate of drug-likeness (QED) is 0.561. The number of para-hydroxylation sites is 2. The molecule has 0 saturated carbocycles. The second-order valence-corrected chi connectivity index (χ2v) is 6.00. The highest BCUT2D eigenvalue weighted by Crippen LogP contribution is 2.27. The van der Waals surface area contributed by atoms with Crippen molar-refractivity contribution in [2.24, 2.45) is 0 Å². The molecule has 0 aliphatic heterocycles. The summed E-state index contributed by atoms with van der Waals surface area (Å²) >= 11 is 0. The van der Waals surface area contributed by atoms with E-state index in [2.05, 4.69) is 23.2 Å². The van der Waals surface area contributed by atoms with Gasteiger partial charge in [-0.05, 0) is 30.5 Å². The Labute approximate surface area is 146 Å². The number of benzene rings is 3. The van der Waals surface area contributed by atoms with Gasteiger partial charge in [0.25, 0.3) is 0 Å². The lowest BCUT2D eigenvalue weighted by molar-refractivity contribution is -0.119. The van der Waals surface area contributed by atoms with Crippen LogP contribution in [0.4, 0.5) is 5.69 Å². The number of aromatic nitrogens is 2. The van der Waals surface area contributed by atoms with Crippen LogP contribution in [0.1, 0.15) is 6.92 Å². The van der Waals surface area contributed by atoms with Gasteiger partial charge in [0.1, 0.15) is 6.54 Å². The van der Waals surface area contributed by atoms with Gasteiger partial charge < -0.3 is 9.47 Å².